The molecule has 1 fully saturated rings. The van der Waals surface area contributed by atoms with Gasteiger partial charge in [-0.2, -0.15) is 0 Å². The van der Waals surface area contributed by atoms with Crippen LogP contribution in [0, 0.1) is 0 Å². The molecule has 0 unspecified atom stereocenters. The summed E-state index contributed by atoms with van der Waals surface area (Å²) in [7, 11) is 0. The fraction of sp³-hybridized carbons (Fsp3) is 0.167. The smallest absolute Gasteiger partial charge is 0.0623 e. The maximum atomic E-state index is 4.41. The van der Waals surface area contributed by atoms with E-state index in [9.17, 15) is 0 Å². The molecule has 4 heteroatoms. The predicted molar refractivity (Wildman–Crippen MR) is 112 cm³/mol. The van der Waals surface area contributed by atoms with Gasteiger partial charge in [-0.3, -0.25) is 19.9 Å². The number of hydrogen-bond acceptors (Lipinski definition) is 4. The van der Waals surface area contributed by atoms with Gasteiger partial charge in [0.25, 0.3) is 0 Å². The Balaban J connectivity index is 0.000000153. The summed E-state index contributed by atoms with van der Waals surface area (Å²) in [5.74, 6) is 1.20. The first-order valence-electron chi connectivity index (χ1n) is 9.46. The molecule has 1 saturated carbocycles. The molecule has 28 heavy (non-hydrogen) atoms. The van der Waals surface area contributed by atoms with E-state index in [0.717, 1.165) is 5.69 Å². The summed E-state index contributed by atoms with van der Waals surface area (Å²) in [6, 6.07) is 22.7. The second kappa shape index (κ2) is 11.3. The molecule has 4 nitrogen and oxygen atoms in total. The van der Waals surface area contributed by atoms with E-state index in [1.165, 1.54) is 18.4 Å². The zero-order chi connectivity index (χ0) is 19.3. The van der Waals surface area contributed by atoms with Crippen LogP contribution in [0.1, 0.15) is 35.9 Å². The van der Waals surface area contributed by atoms with Gasteiger partial charge in [-0.05, 0) is 24.3 Å². The molecule has 0 amide bonds. The topological polar surface area (TPSA) is 51.6 Å². The van der Waals surface area contributed by atoms with Gasteiger partial charge in [0.15, 0.2) is 0 Å². The standard InChI is InChI=1S/C14H14N2.C6H6.C4H4N2/c1-2-4-11(5-3-1)12-6-7-13(12)14-10-15-8-9-16-14;1-2-4-6-5-3-1;1-2-6-4-3-5-1/h1-5,8-10,12-13H,6-7H2;1-6H;1-4H/t12-,13-;;/m0../s1. The molecule has 1 aliphatic carbocycles. The van der Waals surface area contributed by atoms with E-state index in [1.807, 2.05) is 42.6 Å². The highest BCUT2D eigenvalue weighted by Crippen LogP contribution is 2.48. The highest BCUT2D eigenvalue weighted by Gasteiger charge is 2.34. The second-order valence-electron chi connectivity index (χ2n) is 6.38. The lowest BCUT2D eigenvalue weighted by Crippen LogP contribution is -2.22. The summed E-state index contributed by atoms with van der Waals surface area (Å²) in [6.45, 7) is 0. The molecule has 1 aliphatic rings. The van der Waals surface area contributed by atoms with Crippen molar-refractivity contribution in [2.75, 3.05) is 0 Å². The first-order chi connectivity index (χ1) is 13.9. The fourth-order valence-electron chi connectivity index (χ4n) is 3.09. The van der Waals surface area contributed by atoms with E-state index < -0.39 is 0 Å². The van der Waals surface area contributed by atoms with Crippen molar-refractivity contribution in [3.8, 4) is 0 Å². The van der Waals surface area contributed by atoms with E-state index >= 15 is 0 Å². The number of nitrogens with zero attached hydrogens (tertiary/aromatic N) is 4. The number of benzene rings is 2. The lowest BCUT2D eigenvalue weighted by atomic mass is 9.68. The molecule has 2 atom stereocenters. The van der Waals surface area contributed by atoms with E-state index in [1.54, 1.807) is 37.2 Å². The Morgan fingerprint density at radius 3 is 1.46 bits per heavy atom. The van der Waals surface area contributed by atoms with Crippen LogP contribution in [-0.2, 0) is 0 Å². The van der Waals surface area contributed by atoms with Crippen LogP contribution in [0.4, 0.5) is 0 Å². The van der Waals surface area contributed by atoms with Crippen LogP contribution in [0.3, 0.4) is 0 Å². The van der Waals surface area contributed by atoms with Gasteiger partial charge in [-0.1, -0.05) is 66.7 Å². The lowest BCUT2D eigenvalue weighted by Gasteiger charge is -2.36. The monoisotopic (exact) mass is 368 g/mol. The highest BCUT2D eigenvalue weighted by atomic mass is 14.8. The van der Waals surface area contributed by atoms with Crippen LogP contribution in [0.5, 0.6) is 0 Å². The normalized spacial score (nSPS) is 17.0. The van der Waals surface area contributed by atoms with Crippen molar-refractivity contribution in [3.63, 3.8) is 0 Å². The lowest BCUT2D eigenvalue weighted by molar-refractivity contribution is 0.339. The van der Waals surface area contributed by atoms with Gasteiger partial charge in [-0.25, -0.2) is 0 Å². The van der Waals surface area contributed by atoms with Gasteiger partial charge in [0, 0.05) is 49.3 Å². The van der Waals surface area contributed by atoms with Gasteiger partial charge >= 0.3 is 0 Å². The van der Waals surface area contributed by atoms with E-state index in [2.05, 4.69) is 50.3 Å². The van der Waals surface area contributed by atoms with Crippen molar-refractivity contribution in [1.82, 2.24) is 19.9 Å². The summed E-state index contributed by atoms with van der Waals surface area (Å²) in [6.07, 6.45) is 14.5. The first-order valence-corrected chi connectivity index (χ1v) is 9.46. The van der Waals surface area contributed by atoms with E-state index in [-0.39, 0.29) is 0 Å². The predicted octanol–water partition coefficient (Wildman–Crippen LogP) is 5.30. The molecular weight excluding hydrogens is 344 g/mol. The van der Waals surface area contributed by atoms with Crippen LogP contribution in [-0.4, -0.2) is 19.9 Å². The maximum absolute atomic E-state index is 4.41. The molecular formula is C24H24N4. The average molecular weight is 368 g/mol. The van der Waals surface area contributed by atoms with Crippen molar-refractivity contribution in [1.29, 1.82) is 0 Å². The molecule has 2 aromatic heterocycles. The zero-order valence-electron chi connectivity index (χ0n) is 15.8. The first kappa shape index (κ1) is 19.4. The summed E-state index contributed by atoms with van der Waals surface area (Å²) in [4.78, 5) is 16.0. The third-order valence-electron chi connectivity index (χ3n) is 4.61. The van der Waals surface area contributed by atoms with Gasteiger partial charge < -0.3 is 0 Å². The quantitative estimate of drug-likeness (QED) is 0.482. The summed E-state index contributed by atoms with van der Waals surface area (Å²) in [5.41, 5.74) is 2.58. The summed E-state index contributed by atoms with van der Waals surface area (Å²) in [5, 5.41) is 0. The van der Waals surface area contributed by atoms with Crippen LogP contribution < -0.4 is 0 Å². The van der Waals surface area contributed by atoms with Crippen LogP contribution in [0.25, 0.3) is 0 Å². The van der Waals surface area contributed by atoms with Crippen LogP contribution >= 0.6 is 0 Å². The molecule has 5 rings (SSSR count). The minimum absolute atomic E-state index is 0.566. The van der Waals surface area contributed by atoms with Gasteiger partial charge in [0.2, 0.25) is 0 Å². The van der Waals surface area contributed by atoms with Crippen molar-refractivity contribution in [2.24, 2.45) is 0 Å². The Labute approximate surface area is 166 Å². The Morgan fingerprint density at radius 2 is 1.04 bits per heavy atom. The third kappa shape index (κ3) is 6.09. The van der Waals surface area contributed by atoms with Crippen LogP contribution in [0.2, 0.25) is 0 Å². The molecule has 0 N–H and O–H groups in total. The largest absolute Gasteiger partial charge is 0.262 e. The van der Waals surface area contributed by atoms with E-state index in [4.69, 9.17) is 0 Å². The Hall–Kier alpha value is -3.40. The minimum Gasteiger partial charge on any atom is -0.262 e. The molecule has 0 spiro atoms. The maximum Gasteiger partial charge on any atom is 0.0623 e. The Kier molecular flexibility index (Phi) is 7.84. The Morgan fingerprint density at radius 1 is 0.536 bits per heavy atom. The highest BCUT2D eigenvalue weighted by molar-refractivity contribution is 5.27. The average Bonchev–Trinajstić information content (AvgIpc) is 2.78. The third-order valence-corrected chi connectivity index (χ3v) is 4.61. The van der Waals surface area contributed by atoms with Gasteiger partial charge in [-0.15, -0.1) is 0 Å². The minimum atomic E-state index is 0.566. The number of aromatic nitrogens is 4. The summed E-state index contributed by atoms with van der Waals surface area (Å²) < 4.78 is 0. The molecule has 4 aromatic rings. The molecule has 0 bridgehead atoms. The molecule has 0 radical (unpaired) electrons. The zero-order valence-corrected chi connectivity index (χ0v) is 15.8. The van der Waals surface area contributed by atoms with Gasteiger partial charge in [0.05, 0.1) is 5.69 Å². The van der Waals surface area contributed by atoms with Crippen molar-refractivity contribution >= 4 is 0 Å². The molecule has 2 aromatic carbocycles. The van der Waals surface area contributed by atoms with E-state index in [0.29, 0.717) is 11.8 Å². The molecule has 0 aliphatic heterocycles. The molecule has 140 valence electrons. The van der Waals surface area contributed by atoms with Gasteiger partial charge in [0.1, 0.15) is 0 Å². The molecule has 0 saturated heterocycles. The molecule has 2 heterocycles. The summed E-state index contributed by atoms with van der Waals surface area (Å²) >= 11 is 0. The van der Waals surface area contributed by atoms with Crippen LogP contribution in [0.15, 0.2) is 110 Å². The fourth-order valence-corrected chi connectivity index (χ4v) is 3.09. The number of rotatable bonds is 2. The number of hydrogen-bond donors (Lipinski definition) is 0. The SMILES string of the molecule is c1ccc([C@@H]2CC[C@@H]2c2cnccn2)cc1.c1ccccc1.c1cnccn1. The second-order valence-corrected chi connectivity index (χ2v) is 6.38. The Bertz CT molecular complexity index is 741. The van der Waals surface area contributed by atoms with Crippen molar-refractivity contribution in [3.05, 3.63) is 121 Å². The van der Waals surface area contributed by atoms with Crippen molar-refractivity contribution in [2.45, 2.75) is 24.7 Å². The van der Waals surface area contributed by atoms with Crippen molar-refractivity contribution < 1.29 is 0 Å².